The van der Waals surface area contributed by atoms with Gasteiger partial charge in [0.15, 0.2) is 0 Å². The first-order chi connectivity index (χ1) is 10.3. The monoisotopic (exact) mass is 330 g/mol. The fourth-order valence-electron chi connectivity index (χ4n) is 2.13. The fraction of sp³-hybridized carbons (Fsp3) is 0.812. The summed E-state index contributed by atoms with van der Waals surface area (Å²) < 4.78 is 5.27. The Bertz CT molecular complexity index is 440. The molecule has 1 unspecified atom stereocenters. The van der Waals surface area contributed by atoms with E-state index in [-0.39, 0.29) is 11.8 Å². The molecule has 0 aliphatic heterocycles. The number of carboxylic acids is 1. The molecule has 0 radical (unpaired) electrons. The Morgan fingerprint density at radius 3 is 1.83 bits per heavy atom. The Morgan fingerprint density at radius 2 is 1.52 bits per heavy atom. The third-order valence-electron chi connectivity index (χ3n) is 3.23. The molecule has 0 bridgehead atoms. The predicted octanol–water partition coefficient (Wildman–Crippen LogP) is 2.10. The smallest absolute Gasteiger partial charge is 0.410 e. The maximum Gasteiger partial charge on any atom is 0.410 e. The molecule has 0 rings (SSSR count). The van der Waals surface area contributed by atoms with Crippen LogP contribution in [0.3, 0.4) is 0 Å². The van der Waals surface area contributed by atoms with Crippen molar-refractivity contribution in [2.45, 2.75) is 66.2 Å². The average Bonchev–Trinajstić information content (AvgIpc) is 2.32. The van der Waals surface area contributed by atoms with Gasteiger partial charge >= 0.3 is 12.1 Å². The summed E-state index contributed by atoms with van der Waals surface area (Å²) in [6, 6.07) is -1.82. The minimum atomic E-state index is -1.10. The number of hydrogen-bond acceptors (Lipinski definition) is 4. The molecule has 2 N–H and O–H groups in total. The first-order valence-corrected chi connectivity index (χ1v) is 7.77. The Balaban J connectivity index is 5.21. The molecule has 7 heteroatoms. The number of likely N-dealkylation sites (N-methyl/N-ethyl adjacent to an activating group) is 1. The third kappa shape index (κ3) is 6.88. The standard InChI is InChI=1S/C16H30N2O5/c1-9(2)11(14(20)21)17-13(19)12(10(3)4)18(8)15(22)23-16(5,6)7/h9-12H,1-8H3,(H,17,19)(H,20,21)/t11?,12-/m0/s1. The van der Waals surface area contributed by atoms with Crippen LogP contribution < -0.4 is 5.32 Å². The molecule has 7 nitrogen and oxygen atoms in total. The highest BCUT2D eigenvalue weighted by atomic mass is 16.6. The van der Waals surface area contributed by atoms with E-state index in [1.807, 2.05) is 0 Å². The fourth-order valence-corrected chi connectivity index (χ4v) is 2.13. The van der Waals surface area contributed by atoms with E-state index in [9.17, 15) is 19.5 Å². The molecule has 0 spiro atoms. The van der Waals surface area contributed by atoms with E-state index in [2.05, 4.69) is 5.32 Å². The van der Waals surface area contributed by atoms with E-state index in [1.165, 1.54) is 11.9 Å². The van der Waals surface area contributed by atoms with E-state index in [0.29, 0.717) is 0 Å². The zero-order valence-corrected chi connectivity index (χ0v) is 15.3. The number of amides is 2. The molecule has 2 amide bonds. The van der Waals surface area contributed by atoms with Crippen LogP contribution in [0.4, 0.5) is 4.79 Å². The van der Waals surface area contributed by atoms with E-state index in [4.69, 9.17) is 4.74 Å². The number of carboxylic acid groups (broad SMARTS) is 1. The molecular formula is C16H30N2O5. The van der Waals surface area contributed by atoms with Gasteiger partial charge in [0.1, 0.15) is 17.7 Å². The highest BCUT2D eigenvalue weighted by Gasteiger charge is 2.35. The van der Waals surface area contributed by atoms with E-state index in [0.717, 1.165) is 0 Å². The Morgan fingerprint density at radius 1 is 1.04 bits per heavy atom. The Labute approximate surface area is 138 Å². The molecule has 0 aromatic carbocycles. The molecule has 0 aliphatic carbocycles. The van der Waals surface area contributed by atoms with Gasteiger partial charge in [-0.1, -0.05) is 27.7 Å². The number of nitrogens with one attached hydrogen (secondary N) is 1. The lowest BCUT2D eigenvalue weighted by atomic mass is 9.99. The van der Waals surface area contributed by atoms with Crippen molar-refractivity contribution in [3.05, 3.63) is 0 Å². The van der Waals surface area contributed by atoms with Crippen molar-refractivity contribution in [3.8, 4) is 0 Å². The molecule has 0 aromatic heterocycles. The minimum Gasteiger partial charge on any atom is -0.480 e. The molecule has 0 heterocycles. The second kappa shape index (κ2) is 8.17. The van der Waals surface area contributed by atoms with Gasteiger partial charge in [-0.2, -0.15) is 0 Å². The number of nitrogens with zero attached hydrogens (tertiary/aromatic N) is 1. The molecule has 0 fully saturated rings. The number of ether oxygens (including phenoxy) is 1. The maximum absolute atomic E-state index is 12.5. The van der Waals surface area contributed by atoms with Gasteiger partial charge in [-0.15, -0.1) is 0 Å². The van der Waals surface area contributed by atoms with Gasteiger partial charge < -0.3 is 15.2 Å². The average molecular weight is 330 g/mol. The summed E-state index contributed by atoms with van der Waals surface area (Å²) in [6.07, 6.45) is -0.622. The van der Waals surface area contributed by atoms with E-state index in [1.54, 1.807) is 48.5 Å². The van der Waals surface area contributed by atoms with Crippen molar-refractivity contribution in [1.29, 1.82) is 0 Å². The summed E-state index contributed by atoms with van der Waals surface area (Å²) >= 11 is 0. The van der Waals surface area contributed by atoms with Crippen LogP contribution in [-0.2, 0) is 14.3 Å². The van der Waals surface area contributed by atoms with Crippen molar-refractivity contribution < 1.29 is 24.2 Å². The Hall–Kier alpha value is -1.79. The van der Waals surface area contributed by atoms with Gasteiger partial charge in [0.2, 0.25) is 5.91 Å². The molecule has 23 heavy (non-hydrogen) atoms. The van der Waals surface area contributed by atoms with Crippen LogP contribution in [0.25, 0.3) is 0 Å². The van der Waals surface area contributed by atoms with Crippen LogP contribution >= 0.6 is 0 Å². The van der Waals surface area contributed by atoms with Gasteiger partial charge in [-0.05, 0) is 32.6 Å². The maximum atomic E-state index is 12.5. The highest BCUT2D eigenvalue weighted by Crippen LogP contribution is 2.16. The molecule has 0 saturated carbocycles. The van der Waals surface area contributed by atoms with Gasteiger partial charge in [0, 0.05) is 7.05 Å². The van der Waals surface area contributed by atoms with Crippen molar-refractivity contribution >= 4 is 18.0 Å². The zero-order valence-electron chi connectivity index (χ0n) is 15.3. The first-order valence-electron chi connectivity index (χ1n) is 7.77. The summed E-state index contributed by atoms with van der Waals surface area (Å²) in [4.78, 5) is 37.1. The van der Waals surface area contributed by atoms with E-state index < -0.39 is 35.7 Å². The van der Waals surface area contributed by atoms with Gasteiger partial charge in [-0.25, -0.2) is 9.59 Å². The predicted molar refractivity (Wildman–Crippen MR) is 87.0 cm³/mol. The molecule has 0 saturated heterocycles. The molecule has 0 aromatic rings. The summed E-state index contributed by atoms with van der Waals surface area (Å²) in [5.74, 6) is -2.07. The lowest BCUT2D eigenvalue weighted by Crippen LogP contribution is -2.55. The van der Waals surface area contributed by atoms with Crippen molar-refractivity contribution in [3.63, 3.8) is 0 Å². The van der Waals surface area contributed by atoms with E-state index >= 15 is 0 Å². The van der Waals surface area contributed by atoms with Crippen LogP contribution in [0.2, 0.25) is 0 Å². The minimum absolute atomic E-state index is 0.200. The number of rotatable bonds is 6. The third-order valence-corrected chi connectivity index (χ3v) is 3.23. The van der Waals surface area contributed by atoms with Crippen molar-refractivity contribution in [2.24, 2.45) is 11.8 Å². The second-order valence-corrected chi connectivity index (χ2v) is 7.35. The summed E-state index contributed by atoms with van der Waals surface area (Å²) in [7, 11) is 1.48. The normalized spacial score (nSPS) is 14.3. The quantitative estimate of drug-likeness (QED) is 0.777. The number of aliphatic carboxylic acids is 1. The van der Waals surface area contributed by atoms with Gasteiger partial charge in [0.25, 0.3) is 0 Å². The van der Waals surface area contributed by atoms with Crippen molar-refractivity contribution in [2.75, 3.05) is 7.05 Å². The first kappa shape index (κ1) is 21.2. The molecular weight excluding hydrogens is 300 g/mol. The van der Waals surface area contributed by atoms with Gasteiger partial charge in [0.05, 0.1) is 0 Å². The van der Waals surface area contributed by atoms with Crippen LogP contribution in [0.1, 0.15) is 48.5 Å². The van der Waals surface area contributed by atoms with Crippen molar-refractivity contribution in [1.82, 2.24) is 10.2 Å². The van der Waals surface area contributed by atoms with Crippen LogP contribution in [0.15, 0.2) is 0 Å². The largest absolute Gasteiger partial charge is 0.480 e. The lowest BCUT2D eigenvalue weighted by molar-refractivity contribution is -0.144. The number of carbonyl (C=O) groups is 3. The highest BCUT2D eigenvalue weighted by molar-refractivity contribution is 5.89. The zero-order chi connectivity index (χ0) is 18.5. The molecule has 0 aliphatic rings. The Kier molecular flexibility index (Phi) is 7.54. The second-order valence-electron chi connectivity index (χ2n) is 7.35. The summed E-state index contributed by atoms with van der Waals surface area (Å²) in [5, 5.41) is 11.7. The molecule has 2 atom stereocenters. The van der Waals surface area contributed by atoms with Crippen LogP contribution in [-0.4, -0.2) is 52.7 Å². The number of carbonyl (C=O) groups excluding carboxylic acids is 2. The lowest BCUT2D eigenvalue weighted by Gasteiger charge is -2.33. The number of hydrogen-bond donors (Lipinski definition) is 2. The summed E-state index contributed by atoms with van der Waals surface area (Å²) in [5.41, 5.74) is -0.676. The topological polar surface area (TPSA) is 95.9 Å². The van der Waals surface area contributed by atoms with Crippen LogP contribution in [0, 0.1) is 11.8 Å². The summed E-state index contributed by atoms with van der Waals surface area (Å²) in [6.45, 7) is 12.2. The SMILES string of the molecule is CC(C)C(NC(=O)[C@H](C(C)C)N(C)C(=O)OC(C)(C)C)C(=O)O. The van der Waals surface area contributed by atoms with Gasteiger partial charge in [-0.3, -0.25) is 9.69 Å². The van der Waals surface area contributed by atoms with Crippen LogP contribution in [0.5, 0.6) is 0 Å². The molecule has 134 valence electrons.